The van der Waals surface area contributed by atoms with Crippen LogP contribution in [0.2, 0.25) is 0 Å². The minimum Gasteiger partial charge on any atom is -0.445 e. The van der Waals surface area contributed by atoms with Gasteiger partial charge in [-0.2, -0.15) is 0 Å². The lowest BCUT2D eigenvalue weighted by molar-refractivity contribution is -0.274. The summed E-state index contributed by atoms with van der Waals surface area (Å²) in [5, 5.41) is 3.13. The van der Waals surface area contributed by atoms with Crippen molar-refractivity contribution in [1.82, 2.24) is 10.2 Å². The van der Waals surface area contributed by atoms with Crippen LogP contribution in [0.15, 0.2) is 36.0 Å². The molecular formula is C15H16ClF3N2O3. The van der Waals surface area contributed by atoms with Gasteiger partial charge in [0.05, 0.1) is 0 Å². The Bertz CT molecular complexity index is 619. The highest BCUT2D eigenvalue weighted by Crippen LogP contribution is 2.26. The number of rotatable bonds is 3. The van der Waals surface area contributed by atoms with Gasteiger partial charge < -0.3 is 19.7 Å². The first-order chi connectivity index (χ1) is 10.9. The molecule has 1 fully saturated rings. The summed E-state index contributed by atoms with van der Waals surface area (Å²) in [5.41, 5.74) is 1.78. The van der Waals surface area contributed by atoms with E-state index in [1.54, 1.807) is 4.90 Å². The Hall–Kier alpha value is -2.09. The number of hydrogen-bond donors (Lipinski definition) is 1. The molecule has 2 heterocycles. The molecule has 0 bridgehead atoms. The summed E-state index contributed by atoms with van der Waals surface area (Å²) in [6, 6.07) is 5.24. The van der Waals surface area contributed by atoms with Crippen LogP contribution in [0.4, 0.5) is 18.0 Å². The van der Waals surface area contributed by atoms with Crippen LogP contribution in [0.5, 0.6) is 5.75 Å². The summed E-state index contributed by atoms with van der Waals surface area (Å²) in [6.07, 6.45) is -3.21. The van der Waals surface area contributed by atoms with Crippen LogP contribution in [-0.2, 0) is 11.3 Å². The SMILES string of the molecule is Cl.O=C(OCc1ccc(OC(F)(F)F)cc1)N1CC2=CNC[C@H]2C1. The molecule has 24 heavy (non-hydrogen) atoms. The van der Waals surface area contributed by atoms with Crippen LogP contribution < -0.4 is 10.1 Å². The molecule has 0 unspecified atom stereocenters. The lowest BCUT2D eigenvalue weighted by Gasteiger charge is -2.16. The van der Waals surface area contributed by atoms with Gasteiger partial charge in [0.1, 0.15) is 12.4 Å². The molecule has 0 spiro atoms. The Labute approximate surface area is 142 Å². The van der Waals surface area contributed by atoms with Crippen molar-refractivity contribution in [1.29, 1.82) is 0 Å². The van der Waals surface area contributed by atoms with Gasteiger partial charge in [-0.3, -0.25) is 0 Å². The normalized spacial score (nSPS) is 19.0. The van der Waals surface area contributed by atoms with Crippen molar-refractivity contribution in [2.45, 2.75) is 13.0 Å². The first-order valence-electron chi connectivity index (χ1n) is 7.09. The van der Waals surface area contributed by atoms with E-state index in [9.17, 15) is 18.0 Å². The fourth-order valence-corrected chi connectivity index (χ4v) is 2.65. The standard InChI is InChI=1S/C15H15F3N2O3.ClH/c16-15(17,18)23-13-3-1-10(2-4-13)9-22-14(21)20-7-11-5-19-6-12(11)8-20;/h1-5,12,19H,6-9H2;1H/t12-;/m0./s1. The number of nitrogens with zero attached hydrogens (tertiary/aromatic N) is 1. The number of nitrogens with one attached hydrogen (secondary N) is 1. The zero-order chi connectivity index (χ0) is 16.4. The number of ether oxygens (including phenoxy) is 2. The maximum absolute atomic E-state index is 12.1. The van der Waals surface area contributed by atoms with Gasteiger partial charge in [-0.05, 0) is 29.5 Å². The molecule has 0 aromatic heterocycles. The minimum atomic E-state index is -4.72. The smallest absolute Gasteiger partial charge is 0.445 e. The molecule has 1 saturated heterocycles. The Balaban J connectivity index is 0.00000208. The topological polar surface area (TPSA) is 50.8 Å². The minimum absolute atomic E-state index is 0. The number of halogens is 4. The summed E-state index contributed by atoms with van der Waals surface area (Å²) in [6.45, 7) is 2.01. The van der Waals surface area contributed by atoms with Gasteiger partial charge in [-0.25, -0.2) is 4.79 Å². The van der Waals surface area contributed by atoms with Gasteiger partial charge in [0.15, 0.2) is 0 Å². The average Bonchev–Trinajstić information content (AvgIpc) is 3.05. The number of fused-ring (bicyclic) bond motifs is 1. The van der Waals surface area contributed by atoms with Crippen molar-refractivity contribution in [2.75, 3.05) is 19.6 Å². The summed E-state index contributed by atoms with van der Waals surface area (Å²) in [5.74, 6) is 0.0423. The Morgan fingerprint density at radius 3 is 2.62 bits per heavy atom. The van der Waals surface area contributed by atoms with Crippen LogP contribution in [-0.4, -0.2) is 37.0 Å². The van der Waals surface area contributed by atoms with E-state index in [1.165, 1.54) is 29.8 Å². The predicted molar refractivity (Wildman–Crippen MR) is 81.7 cm³/mol. The van der Waals surface area contributed by atoms with Crippen LogP contribution >= 0.6 is 12.4 Å². The van der Waals surface area contributed by atoms with Gasteiger partial charge in [0.2, 0.25) is 0 Å². The number of carbonyl (C=O) groups excluding carboxylic acids is 1. The van der Waals surface area contributed by atoms with E-state index in [0.29, 0.717) is 24.6 Å². The third-order valence-corrected chi connectivity index (χ3v) is 3.77. The van der Waals surface area contributed by atoms with Crippen LogP contribution in [0, 0.1) is 5.92 Å². The number of alkyl halides is 3. The molecule has 1 N–H and O–H groups in total. The molecule has 9 heteroatoms. The maximum Gasteiger partial charge on any atom is 0.573 e. The predicted octanol–water partition coefficient (Wildman–Crippen LogP) is 3.06. The largest absolute Gasteiger partial charge is 0.573 e. The maximum atomic E-state index is 12.1. The molecule has 132 valence electrons. The second kappa shape index (κ2) is 7.21. The Morgan fingerprint density at radius 1 is 1.29 bits per heavy atom. The number of carbonyl (C=O) groups is 1. The molecule has 3 rings (SSSR count). The number of hydrogen-bond acceptors (Lipinski definition) is 4. The quantitative estimate of drug-likeness (QED) is 0.895. The van der Waals surface area contributed by atoms with E-state index in [2.05, 4.69) is 10.1 Å². The van der Waals surface area contributed by atoms with E-state index < -0.39 is 12.5 Å². The average molecular weight is 365 g/mol. The fraction of sp³-hybridized carbons (Fsp3) is 0.400. The monoisotopic (exact) mass is 364 g/mol. The number of likely N-dealkylation sites (tertiary alicyclic amines) is 1. The second-order valence-corrected chi connectivity index (χ2v) is 5.45. The lowest BCUT2D eigenvalue weighted by atomic mass is 10.1. The Kier molecular flexibility index (Phi) is 5.48. The van der Waals surface area contributed by atoms with E-state index in [0.717, 1.165) is 6.54 Å². The summed E-state index contributed by atoms with van der Waals surface area (Å²) >= 11 is 0. The van der Waals surface area contributed by atoms with Crippen molar-refractivity contribution in [2.24, 2.45) is 5.92 Å². The van der Waals surface area contributed by atoms with Gasteiger partial charge in [0, 0.05) is 25.6 Å². The number of benzene rings is 1. The zero-order valence-electron chi connectivity index (χ0n) is 12.5. The molecule has 0 saturated carbocycles. The molecular weight excluding hydrogens is 349 g/mol. The lowest BCUT2D eigenvalue weighted by Crippen LogP contribution is -2.30. The summed E-state index contributed by atoms with van der Waals surface area (Å²) < 4.78 is 45.2. The summed E-state index contributed by atoms with van der Waals surface area (Å²) in [4.78, 5) is 13.6. The zero-order valence-corrected chi connectivity index (χ0v) is 13.3. The van der Waals surface area contributed by atoms with Crippen molar-refractivity contribution in [3.63, 3.8) is 0 Å². The van der Waals surface area contributed by atoms with E-state index in [4.69, 9.17) is 4.74 Å². The number of amides is 1. The molecule has 2 aliphatic heterocycles. The highest BCUT2D eigenvalue weighted by Gasteiger charge is 2.33. The van der Waals surface area contributed by atoms with Crippen LogP contribution in [0.3, 0.4) is 0 Å². The summed E-state index contributed by atoms with van der Waals surface area (Å²) in [7, 11) is 0. The van der Waals surface area contributed by atoms with E-state index >= 15 is 0 Å². The van der Waals surface area contributed by atoms with Crippen LogP contribution in [0.1, 0.15) is 5.56 Å². The van der Waals surface area contributed by atoms with E-state index in [1.807, 2.05) is 6.20 Å². The highest BCUT2D eigenvalue weighted by molar-refractivity contribution is 5.85. The van der Waals surface area contributed by atoms with Crippen molar-refractivity contribution < 1.29 is 27.4 Å². The van der Waals surface area contributed by atoms with Gasteiger partial charge in [-0.1, -0.05) is 12.1 Å². The van der Waals surface area contributed by atoms with Crippen molar-refractivity contribution >= 4 is 18.5 Å². The van der Waals surface area contributed by atoms with Gasteiger partial charge >= 0.3 is 12.5 Å². The molecule has 5 nitrogen and oxygen atoms in total. The highest BCUT2D eigenvalue weighted by atomic mass is 35.5. The molecule has 1 aromatic rings. The molecule has 1 atom stereocenters. The van der Waals surface area contributed by atoms with Crippen LogP contribution in [0.25, 0.3) is 0 Å². The van der Waals surface area contributed by atoms with E-state index in [-0.39, 0.29) is 24.8 Å². The molecule has 1 amide bonds. The molecule has 0 radical (unpaired) electrons. The van der Waals surface area contributed by atoms with Gasteiger partial charge in [0.25, 0.3) is 0 Å². The first kappa shape index (κ1) is 18.3. The molecule has 1 aromatic carbocycles. The first-order valence-corrected chi connectivity index (χ1v) is 7.09. The Morgan fingerprint density at radius 2 is 2.00 bits per heavy atom. The molecule has 0 aliphatic carbocycles. The second-order valence-electron chi connectivity index (χ2n) is 5.45. The third kappa shape index (κ3) is 4.47. The molecule has 2 aliphatic rings. The van der Waals surface area contributed by atoms with Crippen molar-refractivity contribution in [3.8, 4) is 5.75 Å². The van der Waals surface area contributed by atoms with Gasteiger partial charge in [-0.15, -0.1) is 25.6 Å². The van der Waals surface area contributed by atoms with Crippen molar-refractivity contribution in [3.05, 3.63) is 41.6 Å². The fourth-order valence-electron chi connectivity index (χ4n) is 2.65. The third-order valence-electron chi connectivity index (χ3n) is 3.77.